The van der Waals surface area contributed by atoms with Gasteiger partial charge in [-0.1, -0.05) is 86.6 Å². The van der Waals surface area contributed by atoms with Crippen LogP contribution in [-0.2, 0) is 9.59 Å². The molecular formula is C31H32N2O3. The quantitative estimate of drug-likeness (QED) is 0.489. The SMILES string of the molecule is CC(C)CC(C(=O)N1CCC2C1C(=O)CN2C(=O)c1ccccc1)c1cccc(-c2ccccc2)c1. The fraction of sp³-hybridized carbons (Fsp3) is 0.323. The molecular weight excluding hydrogens is 448 g/mol. The number of carbonyl (C=O) groups excluding carboxylic acids is 3. The van der Waals surface area contributed by atoms with Gasteiger partial charge in [-0.3, -0.25) is 14.4 Å². The van der Waals surface area contributed by atoms with E-state index in [1.54, 1.807) is 21.9 Å². The number of fused-ring (bicyclic) bond motifs is 1. The number of benzene rings is 3. The minimum absolute atomic E-state index is 0.0104. The lowest BCUT2D eigenvalue weighted by atomic mass is 9.87. The molecule has 2 amide bonds. The highest BCUT2D eigenvalue weighted by atomic mass is 16.2. The van der Waals surface area contributed by atoms with Crippen LogP contribution in [0.5, 0.6) is 0 Å². The van der Waals surface area contributed by atoms with Gasteiger partial charge in [-0.2, -0.15) is 0 Å². The van der Waals surface area contributed by atoms with Crippen LogP contribution in [0.4, 0.5) is 0 Å². The summed E-state index contributed by atoms with van der Waals surface area (Å²) in [6.45, 7) is 4.79. The summed E-state index contributed by atoms with van der Waals surface area (Å²) in [7, 11) is 0. The maximum absolute atomic E-state index is 14.0. The zero-order valence-corrected chi connectivity index (χ0v) is 20.8. The van der Waals surface area contributed by atoms with Gasteiger partial charge in [0.25, 0.3) is 5.91 Å². The maximum atomic E-state index is 14.0. The molecule has 2 aliphatic heterocycles. The maximum Gasteiger partial charge on any atom is 0.254 e. The van der Waals surface area contributed by atoms with Crippen molar-refractivity contribution in [1.29, 1.82) is 0 Å². The molecule has 0 bridgehead atoms. The molecule has 3 aromatic rings. The number of hydrogen-bond donors (Lipinski definition) is 0. The van der Waals surface area contributed by atoms with Crippen LogP contribution in [-0.4, -0.2) is 52.6 Å². The Labute approximate surface area is 212 Å². The molecule has 2 heterocycles. The molecule has 3 atom stereocenters. The predicted molar refractivity (Wildman–Crippen MR) is 140 cm³/mol. The highest BCUT2D eigenvalue weighted by Crippen LogP contribution is 2.36. The number of likely N-dealkylation sites (tertiary alicyclic amines) is 2. The van der Waals surface area contributed by atoms with Crippen molar-refractivity contribution in [3.05, 3.63) is 96.1 Å². The Morgan fingerprint density at radius 2 is 1.53 bits per heavy atom. The second-order valence-electron chi connectivity index (χ2n) is 10.3. The molecule has 3 aromatic carbocycles. The summed E-state index contributed by atoms with van der Waals surface area (Å²) in [4.78, 5) is 43.8. The Balaban J connectivity index is 1.41. The molecule has 36 heavy (non-hydrogen) atoms. The lowest BCUT2D eigenvalue weighted by molar-refractivity contribution is -0.138. The second-order valence-corrected chi connectivity index (χ2v) is 10.3. The van der Waals surface area contributed by atoms with Gasteiger partial charge in [-0.05, 0) is 47.6 Å². The van der Waals surface area contributed by atoms with Crippen molar-refractivity contribution in [2.24, 2.45) is 5.92 Å². The zero-order valence-electron chi connectivity index (χ0n) is 20.8. The van der Waals surface area contributed by atoms with E-state index in [2.05, 4.69) is 38.1 Å². The van der Waals surface area contributed by atoms with Gasteiger partial charge in [-0.15, -0.1) is 0 Å². The van der Waals surface area contributed by atoms with Crippen LogP contribution in [0, 0.1) is 5.92 Å². The van der Waals surface area contributed by atoms with Crippen molar-refractivity contribution in [3.63, 3.8) is 0 Å². The summed E-state index contributed by atoms with van der Waals surface area (Å²) >= 11 is 0. The number of hydrogen-bond acceptors (Lipinski definition) is 3. The molecule has 0 aliphatic carbocycles. The Kier molecular flexibility index (Phi) is 6.73. The smallest absolute Gasteiger partial charge is 0.254 e. The van der Waals surface area contributed by atoms with Crippen molar-refractivity contribution >= 4 is 17.6 Å². The predicted octanol–water partition coefficient (Wildman–Crippen LogP) is 5.18. The Hall–Kier alpha value is -3.73. The van der Waals surface area contributed by atoms with E-state index >= 15 is 0 Å². The molecule has 3 unspecified atom stereocenters. The van der Waals surface area contributed by atoms with Gasteiger partial charge in [0.2, 0.25) is 5.91 Å². The fourth-order valence-corrected chi connectivity index (χ4v) is 5.70. The van der Waals surface area contributed by atoms with E-state index in [0.717, 1.165) is 16.7 Å². The number of Topliss-reactive ketones (excluding diaryl/α,β-unsaturated/α-hetero) is 1. The fourth-order valence-electron chi connectivity index (χ4n) is 5.70. The number of carbonyl (C=O) groups is 3. The average molecular weight is 481 g/mol. The van der Waals surface area contributed by atoms with Crippen LogP contribution < -0.4 is 0 Å². The summed E-state index contributed by atoms with van der Waals surface area (Å²) in [5.74, 6) is -0.215. The van der Waals surface area contributed by atoms with E-state index in [0.29, 0.717) is 30.9 Å². The van der Waals surface area contributed by atoms with Crippen LogP contribution in [0.1, 0.15) is 48.5 Å². The molecule has 2 aliphatic rings. The number of amides is 2. The molecule has 5 heteroatoms. The lowest BCUT2D eigenvalue weighted by Crippen LogP contribution is -2.45. The van der Waals surface area contributed by atoms with Gasteiger partial charge in [0, 0.05) is 12.1 Å². The number of rotatable bonds is 6. The standard InChI is InChI=1S/C31H32N2O3/c1-21(2)18-26(25-15-9-14-24(19-25)22-10-5-3-6-11-22)31(36)32-17-16-27-29(32)28(34)20-33(27)30(35)23-12-7-4-8-13-23/h3-15,19,21,26-27,29H,16-18,20H2,1-2H3. The molecule has 0 radical (unpaired) electrons. The van der Waals surface area contributed by atoms with E-state index in [1.807, 2.05) is 48.5 Å². The average Bonchev–Trinajstić information content (AvgIpc) is 3.49. The van der Waals surface area contributed by atoms with Crippen molar-refractivity contribution in [1.82, 2.24) is 9.80 Å². The molecule has 5 rings (SSSR count). The molecule has 0 aromatic heterocycles. The van der Waals surface area contributed by atoms with Crippen molar-refractivity contribution in [2.45, 2.75) is 44.7 Å². The largest absolute Gasteiger partial charge is 0.330 e. The van der Waals surface area contributed by atoms with Gasteiger partial charge in [0.15, 0.2) is 5.78 Å². The normalized spacial score (nSPS) is 20.0. The minimum atomic E-state index is -0.558. The van der Waals surface area contributed by atoms with Gasteiger partial charge >= 0.3 is 0 Å². The van der Waals surface area contributed by atoms with E-state index in [9.17, 15) is 14.4 Å². The third-order valence-electron chi connectivity index (χ3n) is 7.39. The summed E-state index contributed by atoms with van der Waals surface area (Å²) in [5, 5.41) is 0. The third kappa shape index (κ3) is 4.58. The summed E-state index contributed by atoms with van der Waals surface area (Å²) < 4.78 is 0. The van der Waals surface area contributed by atoms with Crippen LogP contribution in [0.15, 0.2) is 84.9 Å². The highest BCUT2D eigenvalue weighted by molar-refractivity contribution is 6.02. The van der Waals surface area contributed by atoms with Crippen LogP contribution in [0.3, 0.4) is 0 Å². The zero-order chi connectivity index (χ0) is 25.2. The van der Waals surface area contributed by atoms with Crippen molar-refractivity contribution in [3.8, 4) is 11.1 Å². The summed E-state index contributed by atoms with van der Waals surface area (Å²) in [6, 6.07) is 26.6. The first-order valence-electron chi connectivity index (χ1n) is 12.8. The topological polar surface area (TPSA) is 57.7 Å². The molecule has 2 saturated heterocycles. The van der Waals surface area contributed by atoms with Gasteiger partial charge < -0.3 is 9.80 Å². The number of ketones is 1. The Bertz CT molecular complexity index is 1260. The molecule has 0 N–H and O–H groups in total. The second kappa shape index (κ2) is 10.1. The molecule has 5 nitrogen and oxygen atoms in total. The first-order valence-corrected chi connectivity index (χ1v) is 12.8. The van der Waals surface area contributed by atoms with Gasteiger partial charge in [0.05, 0.1) is 18.5 Å². The molecule has 0 saturated carbocycles. The van der Waals surface area contributed by atoms with E-state index in [-0.39, 0.29) is 36.1 Å². The summed E-state index contributed by atoms with van der Waals surface area (Å²) in [5.41, 5.74) is 3.73. The monoisotopic (exact) mass is 480 g/mol. The first-order chi connectivity index (χ1) is 17.4. The van der Waals surface area contributed by atoms with Crippen molar-refractivity contribution in [2.75, 3.05) is 13.1 Å². The highest BCUT2D eigenvalue weighted by Gasteiger charge is 2.52. The minimum Gasteiger partial charge on any atom is -0.330 e. The third-order valence-corrected chi connectivity index (χ3v) is 7.39. The van der Waals surface area contributed by atoms with Crippen LogP contribution in [0.2, 0.25) is 0 Å². The van der Waals surface area contributed by atoms with E-state index in [4.69, 9.17) is 0 Å². The van der Waals surface area contributed by atoms with E-state index in [1.165, 1.54) is 0 Å². The van der Waals surface area contributed by atoms with E-state index < -0.39 is 6.04 Å². The number of nitrogens with zero attached hydrogens (tertiary/aromatic N) is 2. The molecule has 2 fully saturated rings. The van der Waals surface area contributed by atoms with Crippen molar-refractivity contribution < 1.29 is 14.4 Å². The van der Waals surface area contributed by atoms with Gasteiger partial charge in [0.1, 0.15) is 6.04 Å². The Morgan fingerprint density at radius 3 is 2.22 bits per heavy atom. The molecule has 184 valence electrons. The van der Waals surface area contributed by atoms with Gasteiger partial charge in [-0.25, -0.2) is 0 Å². The molecule has 0 spiro atoms. The lowest BCUT2D eigenvalue weighted by Gasteiger charge is -2.29. The summed E-state index contributed by atoms with van der Waals surface area (Å²) in [6.07, 6.45) is 1.32. The Morgan fingerprint density at radius 1 is 0.861 bits per heavy atom. The van der Waals surface area contributed by atoms with Crippen LogP contribution >= 0.6 is 0 Å². The van der Waals surface area contributed by atoms with Crippen LogP contribution in [0.25, 0.3) is 11.1 Å². The first kappa shape index (κ1) is 24.0.